The Morgan fingerprint density at radius 2 is 1.82 bits per heavy atom. The molecule has 0 fully saturated rings. The number of nitrogens with one attached hydrogen (secondary N) is 1. The van der Waals surface area contributed by atoms with Crippen molar-refractivity contribution in [1.29, 1.82) is 0 Å². The van der Waals surface area contributed by atoms with Gasteiger partial charge in [0.05, 0.1) is 5.52 Å². The number of aromatic nitrogens is 1. The van der Waals surface area contributed by atoms with Crippen LogP contribution in [-0.4, -0.2) is 17.0 Å². The summed E-state index contributed by atoms with van der Waals surface area (Å²) in [5, 5.41) is 4.15. The summed E-state index contributed by atoms with van der Waals surface area (Å²) in [5.41, 5.74) is 3.94. The van der Waals surface area contributed by atoms with Gasteiger partial charge < -0.3 is 9.88 Å². The molecule has 3 nitrogen and oxygen atoms in total. The molecule has 0 atom stereocenters. The topological polar surface area (TPSA) is 34.0 Å². The van der Waals surface area contributed by atoms with Gasteiger partial charge in [-0.3, -0.25) is 4.79 Å². The van der Waals surface area contributed by atoms with Crippen LogP contribution in [0.25, 0.3) is 22.0 Å². The molecule has 0 aliphatic heterocycles. The first-order valence-electron chi connectivity index (χ1n) is 7.64. The molecule has 22 heavy (non-hydrogen) atoms. The van der Waals surface area contributed by atoms with Crippen molar-refractivity contribution in [3.63, 3.8) is 0 Å². The Kier molecular flexibility index (Phi) is 3.96. The predicted octanol–water partition coefficient (Wildman–Crippen LogP) is 3.99. The summed E-state index contributed by atoms with van der Waals surface area (Å²) in [4.78, 5) is 12.4. The van der Waals surface area contributed by atoms with E-state index in [2.05, 4.69) is 35.0 Å². The second-order valence-electron chi connectivity index (χ2n) is 5.47. The van der Waals surface area contributed by atoms with Gasteiger partial charge in [-0.25, -0.2) is 0 Å². The first-order valence-corrected chi connectivity index (χ1v) is 7.64. The average Bonchev–Trinajstić information content (AvgIpc) is 2.94. The van der Waals surface area contributed by atoms with Gasteiger partial charge in [0.2, 0.25) is 0 Å². The highest BCUT2D eigenvalue weighted by atomic mass is 16.1. The van der Waals surface area contributed by atoms with E-state index in [9.17, 15) is 4.79 Å². The lowest BCUT2D eigenvalue weighted by Crippen LogP contribution is -2.24. The number of nitrogens with zero attached hydrogens (tertiary/aromatic N) is 1. The maximum atomic E-state index is 12.4. The van der Waals surface area contributed by atoms with Gasteiger partial charge in [0.1, 0.15) is 0 Å². The molecular weight excluding hydrogens is 272 g/mol. The van der Waals surface area contributed by atoms with Crippen LogP contribution in [0.3, 0.4) is 0 Å². The summed E-state index contributed by atoms with van der Waals surface area (Å²) in [6, 6.07) is 16.1. The van der Waals surface area contributed by atoms with Gasteiger partial charge in [-0.2, -0.15) is 0 Å². The van der Waals surface area contributed by atoms with E-state index in [0.29, 0.717) is 6.54 Å². The highest BCUT2D eigenvalue weighted by molar-refractivity contribution is 6.05. The van der Waals surface area contributed by atoms with E-state index in [1.807, 2.05) is 43.6 Å². The zero-order valence-electron chi connectivity index (χ0n) is 13.0. The Bertz CT molecular complexity index is 817. The van der Waals surface area contributed by atoms with Crippen LogP contribution in [0.1, 0.15) is 23.7 Å². The van der Waals surface area contributed by atoms with Crippen LogP contribution in [0.4, 0.5) is 0 Å². The summed E-state index contributed by atoms with van der Waals surface area (Å²) in [6.45, 7) is 2.75. The van der Waals surface area contributed by atoms with Crippen molar-refractivity contribution in [2.24, 2.45) is 7.05 Å². The number of rotatable bonds is 4. The minimum atomic E-state index is -0.0105. The first kappa shape index (κ1) is 14.4. The monoisotopic (exact) mass is 292 g/mol. The fraction of sp³-hybridized carbons (Fsp3) is 0.211. The van der Waals surface area contributed by atoms with Crippen molar-refractivity contribution in [2.75, 3.05) is 6.54 Å². The smallest absolute Gasteiger partial charge is 0.251 e. The lowest BCUT2D eigenvalue weighted by Gasteiger charge is -2.12. The van der Waals surface area contributed by atoms with Gasteiger partial charge in [-0.15, -0.1) is 0 Å². The van der Waals surface area contributed by atoms with Crippen LogP contribution in [0.5, 0.6) is 0 Å². The van der Waals surface area contributed by atoms with E-state index < -0.39 is 0 Å². The van der Waals surface area contributed by atoms with E-state index in [1.165, 1.54) is 5.39 Å². The average molecular weight is 292 g/mol. The Balaban J connectivity index is 2.15. The minimum Gasteiger partial charge on any atom is -0.352 e. The number of benzene rings is 2. The number of para-hydroxylation sites is 1. The highest BCUT2D eigenvalue weighted by Crippen LogP contribution is 2.31. The molecule has 3 rings (SSSR count). The van der Waals surface area contributed by atoms with Crippen molar-refractivity contribution >= 4 is 16.8 Å². The summed E-state index contributed by atoms with van der Waals surface area (Å²) in [5.74, 6) is -0.0105. The molecule has 2 aromatic carbocycles. The summed E-state index contributed by atoms with van der Waals surface area (Å²) in [6.07, 6.45) is 2.98. The van der Waals surface area contributed by atoms with Crippen molar-refractivity contribution in [3.05, 3.63) is 60.3 Å². The molecule has 1 heterocycles. The van der Waals surface area contributed by atoms with Crippen LogP contribution < -0.4 is 5.32 Å². The molecule has 0 radical (unpaired) electrons. The number of carbonyl (C=O) groups excluding carboxylic acids is 1. The van der Waals surface area contributed by atoms with Crippen LogP contribution in [0.15, 0.2) is 54.7 Å². The van der Waals surface area contributed by atoms with E-state index in [-0.39, 0.29) is 5.91 Å². The molecule has 0 aliphatic carbocycles. The maximum Gasteiger partial charge on any atom is 0.251 e. The summed E-state index contributed by atoms with van der Waals surface area (Å²) in [7, 11) is 2.03. The van der Waals surface area contributed by atoms with Crippen LogP contribution >= 0.6 is 0 Å². The number of carbonyl (C=O) groups is 1. The second-order valence-corrected chi connectivity index (χ2v) is 5.47. The minimum absolute atomic E-state index is 0.0105. The fourth-order valence-corrected chi connectivity index (χ4v) is 2.82. The van der Waals surface area contributed by atoms with E-state index in [4.69, 9.17) is 0 Å². The quantitative estimate of drug-likeness (QED) is 0.775. The first-order chi connectivity index (χ1) is 10.7. The third-order valence-electron chi connectivity index (χ3n) is 3.90. The Hall–Kier alpha value is -2.55. The predicted molar refractivity (Wildman–Crippen MR) is 91.0 cm³/mol. The van der Waals surface area contributed by atoms with E-state index >= 15 is 0 Å². The third kappa shape index (κ3) is 2.50. The molecule has 0 spiro atoms. The Morgan fingerprint density at radius 3 is 2.64 bits per heavy atom. The van der Waals surface area contributed by atoms with Crippen molar-refractivity contribution in [3.8, 4) is 11.1 Å². The van der Waals surface area contributed by atoms with Crippen LogP contribution in [-0.2, 0) is 7.05 Å². The zero-order valence-corrected chi connectivity index (χ0v) is 13.0. The molecule has 1 N–H and O–H groups in total. The van der Waals surface area contributed by atoms with E-state index in [0.717, 1.165) is 28.6 Å². The van der Waals surface area contributed by atoms with Crippen LogP contribution in [0, 0.1) is 0 Å². The highest BCUT2D eigenvalue weighted by Gasteiger charge is 2.14. The second kappa shape index (κ2) is 6.06. The molecule has 1 amide bonds. The zero-order chi connectivity index (χ0) is 15.5. The molecule has 0 aliphatic rings. The third-order valence-corrected chi connectivity index (χ3v) is 3.90. The van der Waals surface area contributed by atoms with Crippen LogP contribution in [0.2, 0.25) is 0 Å². The molecule has 3 heteroatoms. The molecule has 112 valence electrons. The van der Waals surface area contributed by atoms with Crippen molar-refractivity contribution in [1.82, 2.24) is 9.88 Å². The SMILES string of the molecule is CCCNC(=O)c1ccccc1-c1cccc2ccn(C)c12. The molecule has 3 aromatic rings. The number of hydrogen-bond acceptors (Lipinski definition) is 1. The van der Waals surface area contributed by atoms with Gasteiger partial charge in [-0.05, 0) is 24.1 Å². The largest absolute Gasteiger partial charge is 0.352 e. The summed E-state index contributed by atoms with van der Waals surface area (Å²) >= 11 is 0. The maximum absolute atomic E-state index is 12.4. The van der Waals surface area contributed by atoms with Crippen molar-refractivity contribution in [2.45, 2.75) is 13.3 Å². The van der Waals surface area contributed by atoms with Gasteiger partial charge in [0.15, 0.2) is 0 Å². The van der Waals surface area contributed by atoms with Crippen molar-refractivity contribution < 1.29 is 4.79 Å². The lowest BCUT2D eigenvalue weighted by molar-refractivity contribution is 0.0954. The molecule has 0 saturated carbocycles. The fourth-order valence-electron chi connectivity index (χ4n) is 2.82. The summed E-state index contributed by atoms with van der Waals surface area (Å²) < 4.78 is 2.10. The molecule has 0 bridgehead atoms. The number of aryl methyl sites for hydroxylation is 1. The Morgan fingerprint density at radius 1 is 1.05 bits per heavy atom. The van der Waals surface area contributed by atoms with Gasteiger partial charge in [-0.1, -0.05) is 43.3 Å². The number of fused-ring (bicyclic) bond motifs is 1. The molecule has 0 saturated heterocycles. The van der Waals surface area contributed by atoms with Gasteiger partial charge >= 0.3 is 0 Å². The van der Waals surface area contributed by atoms with Gasteiger partial charge in [0, 0.05) is 36.3 Å². The number of amides is 1. The van der Waals surface area contributed by atoms with E-state index in [1.54, 1.807) is 0 Å². The van der Waals surface area contributed by atoms with Gasteiger partial charge in [0.25, 0.3) is 5.91 Å². The molecular formula is C19H20N2O. The standard InChI is InChI=1S/C19H20N2O/c1-3-12-20-19(22)17-9-5-4-8-15(17)16-10-6-7-14-11-13-21(2)18(14)16/h4-11,13H,3,12H2,1-2H3,(H,20,22). The molecule has 0 unspecified atom stereocenters. The lowest BCUT2D eigenvalue weighted by atomic mass is 9.97. The Labute approximate surface area is 130 Å². The normalized spacial score (nSPS) is 10.8. The molecule has 1 aromatic heterocycles. The number of hydrogen-bond donors (Lipinski definition) is 1.